The Labute approximate surface area is 132 Å². The van der Waals surface area contributed by atoms with Gasteiger partial charge in [-0.3, -0.25) is 0 Å². The Balaban J connectivity index is 1.49. The maximum Gasteiger partial charge on any atom is 0.315 e. The van der Waals surface area contributed by atoms with Crippen LogP contribution >= 0.6 is 0 Å². The number of carbonyl (C=O) groups is 1. The molecule has 22 heavy (non-hydrogen) atoms. The Morgan fingerprint density at radius 1 is 1.27 bits per heavy atom. The zero-order valence-corrected chi connectivity index (χ0v) is 13.4. The summed E-state index contributed by atoms with van der Waals surface area (Å²) < 4.78 is 0. The highest BCUT2D eigenvalue weighted by Crippen LogP contribution is 2.21. The first-order chi connectivity index (χ1) is 10.6. The molecule has 1 heterocycles. The molecule has 0 fully saturated rings. The van der Waals surface area contributed by atoms with Crippen molar-refractivity contribution in [2.75, 3.05) is 20.1 Å². The van der Waals surface area contributed by atoms with Crippen LogP contribution in [0, 0.1) is 0 Å². The van der Waals surface area contributed by atoms with Crippen molar-refractivity contribution >= 4 is 6.03 Å². The highest BCUT2D eigenvalue weighted by Gasteiger charge is 2.23. The second kappa shape index (κ2) is 6.53. The van der Waals surface area contributed by atoms with Gasteiger partial charge in [-0.25, -0.2) is 4.79 Å². The monoisotopic (exact) mass is 299 g/mol. The first kappa shape index (κ1) is 15.1. The van der Waals surface area contributed by atoms with Gasteiger partial charge in [0.1, 0.15) is 0 Å². The lowest BCUT2D eigenvalue weighted by molar-refractivity contribution is 0.235. The van der Waals surface area contributed by atoms with Gasteiger partial charge < -0.3 is 15.5 Å². The Hall–Kier alpha value is -1.81. The van der Waals surface area contributed by atoms with Crippen LogP contribution in [-0.4, -0.2) is 43.2 Å². The van der Waals surface area contributed by atoms with E-state index in [0.717, 1.165) is 32.4 Å². The Bertz CT molecular complexity index is 556. The number of hydrogen-bond acceptors (Lipinski definition) is 2. The molecule has 0 saturated carbocycles. The van der Waals surface area contributed by atoms with Crippen LogP contribution in [0.25, 0.3) is 0 Å². The Morgan fingerprint density at radius 2 is 1.95 bits per heavy atom. The number of amides is 2. The van der Waals surface area contributed by atoms with E-state index in [9.17, 15) is 4.79 Å². The topological polar surface area (TPSA) is 44.4 Å². The van der Waals surface area contributed by atoms with Gasteiger partial charge in [0, 0.05) is 25.2 Å². The molecule has 2 aliphatic rings. The number of carbonyl (C=O) groups excluding carboxylic acids is 1. The van der Waals surface area contributed by atoms with Gasteiger partial charge in [-0.1, -0.05) is 30.3 Å². The fourth-order valence-electron chi connectivity index (χ4n) is 3.36. The second-order valence-corrected chi connectivity index (χ2v) is 6.50. The van der Waals surface area contributed by atoms with Gasteiger partial charge in [0.25, 0.3) is 0 Å². The van der Waals surface area contributed by atoms with Crippen molar-refractivity contribution in [1.82, 2.24) is 15.5 Å². The number of fused-ring (bicyclic) bond motifs is 1. The van der Waals surface area contributed by atoms with Crippen LogP contribution in [0.5, 0.6) is 0 Å². The fourth-order valence-corrected chi connectivity index (χ4v) is 3.36. The molecule has 2 amide bonds. The van der Waals surface area contributed by atoms with E-state index >= 15 is 0 Å². The molecule has 3 rings (SSSR count). The van der Waals surface area contributed by atoms with E-state index in [1.54, 1.807) is 0 Å². The SMILES string of the molecule is CC(NC(=O)NC1Cc2ccccc2C1)C1=CCN(C)CC1. The summed E-state index contributed by atoms with van der Waals surface area (Å²) in [5.74, 6) is 0. The first-order valence-electron chi connectivity index (χ1n) is 8.13. The van der Waals surface area contributed by atoms with Gasteiger partial charge in [-0.2, -0.15) is 0 Å². The maximum atomic E-state index is 12.2. The number of benzene rings is 1. The van der Waals surface area contributed by atoms with Crippen molar-refractivity contribution in [3.63, 3.8) is 0 Å². The molecule has 0 saturated heterocycles. The number of nitrogens with one attached hydrogen (secondary N) is 2. The fraction of sp³-hybridized carbons (Fsp3) is 0.500. The number of urea groups is 1. The third-order valence-electron chi connectivity index (χ3n) is 4.74. The largest absolute Gasteiger partial charge is 0.335 e. The van der Waals surface area contributed by atoms with E-state index in [-0.39, 0.29) is 18.1 Å². The van der Waals surface area contributed by atoms with E-state index in [1.165, 1.54) is 16.7 Å². The summed E-state index contributed by atoms with van der Waals surface area (Å²) in [7, 11) is 2.12. The second-order valence-electron chi connectivity index (χ2n) is 6.50. The van der Waals surface area contributed by atoms with Crippen molar-refractivity contribution in [3.05, 3.63) is 47.0 Å². The molecule has 0 bridgehead atoms. The van der Waals surface area contributed by atoms with Crippen LogP contribution in [-0.2, 0) is 12.8 Å². The molecule has 0 radical (unpaired) electrons. The summed E-state index contributed by atoms with van der Waals surface area (Å²) >= 11 is 0. The van der Waals surface area contributed by atoms with E-state index in [0.29, 0.717) is 0 Å². The van der Waals surface area contributed by atoms with Gasteiger partial charge in [-0.15, -0.1) is 0 Å². The van der Waals surface area contributed by atoms with Crippen molar-refractivity contribution in [2.45, 2.75) is 38.3 Å². The highest BCUT2D eigenvalue weighted by atomic mass is 16.2. The summed E-state index contributed by atoms with van der Waals surface area (Å²) in [5.41, 5.74) is 4.06. The number of hydrogen-bond donors (Lipinski definition) is 2. The Kier molecular flexibility index (Phi) is 4.48. The predicted octanol–water partition coefficient (Wildman–Crippen LogP) is 2.10. The molecular formula is C18H25N3O. The average Bonchev–Trinajstić information content (AvgIpc) is 2.89. The number of nitrogens with zero attached hydrogens (tertiary/aromatic N) is 1. The summed E-state index contributed by atoms with van der Waals surface area (Å²) in [6.45, 7) is 4.11. The van der Waals surface area contributed by atoms with Gasteiger partial charge in [-0.05, 0) is 49.9 Å². The van der Waals surface area contributed by atoms with E-state index in [1.807, 2.05) is 0 Å². The zero-order chi connectivity index (χ0) is 15.5. The zero-order valence-electron chi connectivity index (χ0n) is 13.4. The lowest BCUT2D eigenvalue weighted by Gasteiger charge is -2.26. The first-order valence-corrected chi connectivity index (χ1v) is 8.13. The van der Waals surface area contributed by atoms with E-state index in [4.69, 9.17) is 0 Å². The summed E-state index contributed by atoms with van der Waals surface area (Å²) in [6.07, 6.45) is 5.14. The van der Waals surface area contributed by atoms with Crippen LogP contribution in [0.2, 0.25) is 0 Å². The maximum absolute atomic E-state index is 12.2. The molecule has 0 spiro atoms. The lowest BCUT2D eigenvalue weighted by Crippen LogP contribution is -2.47. The summed E-state index contributed by atoms with van der Waals surface area (Å²) in [4.78, 5) is 14.5. The normalized spacial score (nSPS) is 20.2. The molecule has 4 heteroatoms. The minimum atomic E-state index is -0.0508. The van der Waals surface area contributed by atoms with Gasteiger partial charge in [0.2, 0.25) is 0 Å². The highest BCUT2D eigenvalue weighted by molar-refractivity contribution is 5.75. The average molecular weight is 299 g/mol. The van der Waals surface area contributed by atoms with E-state index in [2.05, 4.69) is 59.8 Å². The van der Waals surface area contributed by atoms with Crippen molar-refractivity contribution in [3.8, 4) is 0 Å². The van der Waals surface area contributed by atoms with Crippen molar-refractivity contribution in [1.29, 1.82) is 0 Å². The molecule has 0 aromatic heterocycles. The molecule has 1 aromatic carbocycles. The summed E-state index contributed by atoms with van der Waals surface area (Å²) in [6, 6.07) is 8.71. The molecule has 2 N–H and O–H groups in total. The van der Waals surface area contributed by atoms with Gasteiger partial charge >= 0.3 is 6.03 Å². The predicted molar refractivity (Wildman–Crippen MR) is 89.0 cm³/mol. The third kappa shape index (κ3) is 3.50. The Morgan fingerprint density at radius 3 is 2.55 bits per heavy atom. The molecular weight excluding hydrogens is 274 g/mol. The van der Waals surface area contributed by atoms with Crippen molar-refractivity contribution in [2.24, 2.45) is 0 Å². The number of rotatable bonds is 3. The molecule has 1 aromatic rings. The molecule has 1 aliphatic heterocycles. The lowest BCUT2D eigenvalue weighted by atomic mass is 10.0. The minimum Gasteiger partial charge on any atom is -0.335 e. The molecule has 118 valence electrons. The standard InChI is InChI=1S/C18H25N3O/c1-13(14-7-9-21(2)10-8-14)19-18(22)20-17-11-15-5-3-4-6-16(15)12-17/h3-7,13,17H,8-12H2,1-2H3,(H2,19,20,22). The third-order valence-corrected chi connectivity index (χ3v) is 4.74. The van der Waals surface area contributed by atoms with E-state index < -0.39 is 0 Å². The van der Waals surface area contributed by atoms with Crippen LogP contribution in [0.3, 0.4) is 0 Å². The minimum absolute atomic E-state index is 0.0508. The van der Waals surface area contributed by atoms with Crippen molar-refractivity contribution < 1.29 is 4.79 Å². The molecule has 1 aliphatic carbocycles. The van der Waals surface area contributed by atoms with Crippen LogP contribution in [0.4, 0.5) is 4.79 Å². The van der Waals surface area contributed by atoms with Gasteiger partial charge in [0.15, 0.2) is 0 Å². The van der Waals surface area contributed by atoms with Crippen LogP contribution < -0.4 is 10.6 Å². The molecule has 1 unspecified atom stereocenters. The summed E-state index contributed by atoms with van der Waals surface area (Å²) in [5, 5.41) is 6.20. The quantitative estimate of drug-likeness (QED) is 0.840. The van der Waals surface area contributed by atoms with Crippen LogP contribution in [0.15, 0.2) is 35.9 Å². The molecule has 4 nitrogen and oxygen atoms in total. The van der Waals surface area contributed by atoms with Gasteiger partial charge in [0.05, 0.1) is 0 Å². The molecule has 1 atom stereocenters. The smallest absolute Gasteiger partial charge is 0.315 e. The number of likely N-dealkylation sites (N-methyl/N-ethyl adjacent to an activating group) is 1. The van der Waals surface area contributed by atoms with Crippen LogP contribution in [0.1, 0.15) is 24.5 Å².